The molecule has 0 saturated carbocycles. The smallest absolute Gasteiger partial charge is 0.237 e. The number of likely N-dealkylation sites (N-methyl/N-ethyl adjacent to an activating group) is 1. The lowest BCUT2D eigenvalue weighted by Crippen LogP contribution is -2.50. The van der Waals surface area contributed by atoms with E-state index in [-0.39, 0.29) is 11.9 Å². The van der Waals surface area contributed by atoms with Crippen LogP contribution >= 0.6 is 0 Å². The van der Waals surface area contributed by atoms with Crippen molar-refractivity contribution in [2.45, 2.75) is 32.2 Å². The fourth-order valence-corrected chi connectivity index (χ4v) is 2.64. The number of nitrogens with zero attached hydrogens (tertiary/aromatic N) is 2. The highest BCUT2D eigenvalue weighted by Crippen LogP contribution is 2.16. The van der Waals surface area contributed by atoms with Crippen molar-refractivity contribution in [2.24, 2.45) is 0 Å². The highest BCUT2D eigenvalue weighted by atomic mass is 16.2. The highest BCUT2D eigenvalue weighted by Gasteiger charge is 2.26. The third-order valence-electron chi connectivity index (χ3n) is 3.74. The average Bonchev–Trinajstić information content (AvgIpc) is 2.52. The second kappa shape index (κ2) is 7.85. The Morgan fingerprint density at radius 1 is 1.45 bits per heavy atom. The molecule has 2 N–H and O–H groups in total. The van der Waals surface area contributed by atoms with Crippen LogP contribution in [-0.2, 0) is 4.79 Å². The first-order chi connectivity index (χ1) is 9.81. The largest absolute Gasteiger partial charge is 0.382 e. The topological polar surface area (TPSA) is 57.3 Å². The van der Waals surface area contributed by atoms with Crippen LogP contribution < -0.4 is 10.6 Å². The van der Waals surface area contributed by atoms with E-state index < -0.39 is 0 Å². The van der Waals surface area contributed by atoms with E-state index in [0.717, 1.165) is 38.2 Å². The number of carbonyl (C=O) groups excluding carboxylic acids is 1. The van der Waals surface area contributed by atoms with Crippen molar-refractivity contribution in [1.82, 2.24) is 15.2 Å². The summed E-state index contributed by atoms with van der Waals surface area (Å²) in [5.41, 5.74) is 0.981. The molecule has 1 aliphatic heterocycles. The van der Waals surface area contributed by atoms with Gasteiger partial charge in [-0.1, -0.05) is 13.3 Å². The van der Waals surface area contributed by atoms with Crippen LogP contribution in [0.5, 0.6) is 0 Å². The van der Waals surface area contributed by atoms with Crippen LogP contribution in [0.25, 0.3) is 0 Å². The maximum Gasteiger partial charge on any atom is 0.237 e. The van der Waals surface area contributed by atoms with Crippen LogP contribution in [0.4, 0.5) is 5.69 Å². The quantitative estimate of drug-likeness (QED) is 0.773. The van der Waals surface area contributed by atoms with E-state index in [4.69, 9.17) is 0 Å². The van der Waals surface area contributed by atoms with Crippen molar-refractivity contribution in [2.75, 3.05) is 31.5 Å². The Morgan fingerprint density at radius 3 is 3.10 bits per heavy atom. The molecule has 0 aromatic carbocycles. The van der Waals surface area contributed by atoms with Crippen LogP contribution in [0, 0.1) is 0 Å². The van der Waals surface area contributed by atoms with Gasteiger partial charge in [0, 0.05) is 25.5 Å². The molecular weight excluding hydrogens is 252 g/mol. The Kier molecular flexibility index (Phi) is 5.80. The molecule has 1 unspecified atom stereocenters. The van der Waals surface area contributed by atoms with Crippen molar-refractivity contribution < 1.29 is 4.79 Å². The zero-order valence-corrected chi connectivity index (χ0v) is 12.1. The number of likely N-dealkylation sites (tertiary alicyclic amines) is 1. The lowest BCUT2D eigenvalue weighted by molar-refractivity contribution is -0.127. The van der Waals surface area contributed by atoms with Crippen molar-refractivity contribution in [3.05, 3.63) is 24.5 Å². The summed E-state index contributed by atoms with van der Waals surface area (Å²) in [5.74, 6) is 0.166. The summed E-state index contributed by atoms with van der Waals surface area (Å²) in [6, 6.07) is 3.92. The molecule has 2 rings (SSSR count). The summed E-state index contributed by atoms with van der Waals surface area (Å²) in [6.07, 6.45) is 6.87. The summed E-state index contributed by atoms with van der Waals surface area (Å²) < 4.78 is 0. The molecule has 5 heteroatoms. The summed E-state index contributed by atoms with van der Waals surface area (Å²) in [7, 11) is 0. The molecule has 2 heterocycles. The van der Waals surface area contributed by atoms with Crippen LogP contribution in [0.3, 0.4) is 0 Å². The van der Waals surface area contributed by atoms with Gasteiger partial charge in [-0.3, -0.25) is 14.7 Å². The number of anilines is 1. The number of hydrogen-bond donors (Lipinski definition) is 2. The van der Waals surface area contributed by atoms with Gasteiger partial charge in [-0.25, -0.2) is 0 Å². The minimum atomic E-state index is 0.0622. The first-order valence-electron chi connectivity index (χ1n) is 7.47. The molecular formula is C15H24N4O. The van der Waals surface area contributed by atoms with Gasteiger partial charge in [-0.05, 0) is 38.1 Å². The standard InChI is InChI=1S/C15H24N4O/c1-2-19-11-4-3-7-14(19)15(20)18-10-9-17-13-6-5-8-16-12-13/h5-6,8,12,14,17H,2-4,7,9-11H2,1H3,(H,18,20). The van der Waals surface area contributed by atoms with E-state index in [1.165, 1.54) is 6.42 Å². The predicted octanol–water partition coefficient (Wildman–Crippen LogP) is 1.48. The van der Waals surface area contributed by atoms with Gasteiger partial charge in [0.25, 0.3) is 0 Å². The zero-order chi connectivity index (χ0) is 14.2. The molecule has 110 valence electrons. The Bertz CT molecular complexity index is 410. The number of nitrogens with one attached hydrogen (secondary N) is 2. The Hall–Kier alpha value is -1.62. The van der Waals surface area contributed by atoms with E-state index in [9.17, 15) is 4.79 Å². The van der Waals surface area contributed by atoms with Gasteiger partial charge in [0.15, 0.2) is 0 Å². The summed E-state index contributed by atoms with van der Waals surface area (Å²) in [6.45, 7) is 5.47. The first kappa shape index (κ1) is 14.8. The number of rotatable bonds is 6. The molecule has 1 aliphatic rings. The third-order valence-corrected chi connectivity index (χ3v) is 3.74. The minimum Gasteiger partial charge on any atom is -0.382 e. The lowest BCUT2D eigenvalue weighted by atomic mass is 10.0. The van der Waals surface area contributed by atoms with E-state index in [0.29, 0.717) is 6.54 Å². The van der Waals surface area contributed by atoms with Crippen molar-refractivity contribution in [1.29, 1.82) is 0 Å². The minimum absolute atomic E-state index is 0.0622. The van der Waals surface area contributed by atoms with Gasteiger partial charge in [-0.15, -0.1) is 0 Å². The number of pyridine rings is 1. The van der Waals surface area contributed by atoms with Gasteiger partial charge < -0.3 is 10.6 Å². The van der Waals surface area contributed by atoms with Crippen LogP contribution in [0.15, 0.2) is 24.5 Å². The summed E-state index contributed by atoms with van der Waals surface area (Å²) >= 11 is 0. The lowest BCUT2D eigenvalue weighted by Gasteiger charge is -2.33. The molecule has 1 amide bonds. The Morgan fingerprint density at radius 2 is 2.35 bits per heavy atom. The number of hydrogen-bond acceptors (Lipinski definition) is 4. The normalized spacial score (nSPS) is 19.6. The van der Waals surface area contributed by atoms with E-state index in [1.807, 2.05) is 12.1 Å². The van der Waals surface area contributed by atoms with E-state index in [1.54, 1.807) is 12.4 Å². The van der Waals surface area contributed by atoms with Crippen molar-refractivity contribution in [3.8, 4) is 0 Å². The van der Waals surface area contributed by atoms with Crippen molar-refractivity contribution >= 4 is 11.6 Å². The van der Waals surface area contributed by atoms with Gasteiger partial charge in [0.05, 0.1) is 11.7 Å². The summed E-state index contributed by atoms with van der Waals surface area (Å²) in [4.78, 5) is 18.5. The molecule has 0 bridgehead atoms. The number of amides is 1. The maximum absolute atomic E-state index is 12.2. The molecule has 5 nitrogen and oxygen atoms in total. The molecule has 1 saturated heterocycles. The maximum atomic E-state index is 12.2. The van der Waals surface area contributed by atoms with Gasteiger partial charge in [0.1, 0.15) is 0 Å². The molecule has 0 radical (unpaired) electrons. The van der Waals surface area contributed by atoms with E-state index >= 15 is 0 Å². The van der Waals surface area contributed by atoms with Crippen LogP contribution in [0.2, 0.25) is 0 Å². The average molecular weight is 276 g/mol. The Balaban J connectivity index is 1.69. The number of carbonyl (C=O) groups is 1. The van der Waals surface area contributed by atoms with Crippen LogP contribution in [0.1, 0.15) is 26.2 Å². The molecule has 0 spiro atoms. The summed E-state index contributed by atoms with van der Waals surface area (Å²) in [5, 5.41) is 6.26. The molecule has 0 aliphatic carbocycles. The molecule has 1 aromatic rings. The van der Waals surface area contributed by atoms with Gasteiger partial charge >= 0.3 is 0 Å². The zero-order valence-electron chi connectivity index (χ0n) is 12.1. The molecule has 1 atom stereocenters. The second-order valence-corrected chi connectivity index (χ2v) is 5.10. The predicted molar refractivity (Wildman–Crippen MR) is 80.6 cm³/mol. The third kappa shape index (κ3) is 4.20. The SMILES string of the molecule is CCN1CCCCC1C(=O)NCCNc1cccnc1. The molecule has 1 aromatic heterocycles. The second-order valence-electron chi connectivity index (χ2n) is 5.10. The fourth-order valence-electron chi connectivity index (χ4n) is 2.64. The monoisotopic (exact) mass is 276 g/mol. The molecule has 20 heavy (non-hydrogen) atoms. The van der Waals surface area contributed by atoms with Gasteiger partial charge in [-0.2, -0.15) is 0 Å². The van der Waals surface area contributed by atoms with Gasteiger partial charge in [0.2, 0.25) is 5.91 Å². The first-order valence-corrected chi connectivity index (χ1v) is 7.47. The Labute approximate surface area is 120 Å². The fraction of sp³-hybridized carbons (Fsp3) is 0.600. The molecule has 1 fully saturated rings. The van der Waals surface area contributed by atoms with Crippen molar-refractivity contribution in [3.63, 3.8) is 0 Å². The van der Waals surface area contributed by atoms with E-state index in [2.05, 4.69) is 27.4 Å². The van der Waals surface area contributed by atoms with Crippen LogP contribution in [-0.4, -0.2) is 48.0 Å². The number of piperidine rings is 1. The highest BCUT2D eigenvalue weighted by molar-refractivity contribution is 5.81. The number of aromatic nitrogens is 1.